The Kier molecular flexibility index (Phi) is 3.46. The molecule has 0 bridgehead atoms. The molecule has 0 atom stereocenters. The van der Waals surface area contributed by atoms with Gasteiger partial charge in [0.15, 0.2) is 0 Å². The van der Waals surface area contributed by atoms with Crippen LogP contribution < -0.4 is 5.73 Å². The first kappa shape index (κ1) is 13.1. The summed E-state index contributed by atoms with van der Waals surface area (Å²) in [5.74, 6) is 0.813. The molecule has 0 fully saturated rings. The predicted molar refractivity (Wildman–Crippen MR) is 84.4 cm³/mol. The molecule has 0 aliphatic heterocycles. The Morgan fingerprint density at radius 2 is 2.00 bits per heavy atom. The summed E-state index contributed by atoms with van der Waals surface area (Å²) in [7, 11) is 0. The average molecular weight is 332 g/mol. The van der Waals surface area contributed by atoms with E-state index in [1.165, 1.54) is 0 Å². The minimum Gasteiger partial charge on any atom is -0.399 e. The predicted octanol–water partition coefficient (Wildman–Crippen LogP) is 3.04. The van der Waals surface area contributed by atoms with E-state index in [4.69, 9.17) is 5.73 Å². The molecule has 3 aromatic rings. The van der Waals surface area contributed by atoms with Gasteiger partial charge in [-0.2, -0.15) is 0 Å². The van der Waals surface area contributed by atoms with Crippen molar-refractivity contribution in [1.29, 1.82) is 0 Å². The first-order valence-electron chi connectivity index (χ1n) is 6.31. The zero-order chi connectivity index (χ0) is 14.1. The van der Waals surface area contributed by atoms with Crippen LogP contribution >= 0.6 is 15.9 Å². The van der Waals surface area contributed by atoms with Crippen molar-refractivity contribution >= 4 is 32.7 Å². The molecule has 0 saturated heterocycles. The minimum atomic E-state index is 0.0663. The van der Waals surface area contributed by atoms with Crippen LogP contribution in [-0.4, -0.2) is 21.3 Å². The number of halogens is 1. The Morgan fingerprint density at radius 1 is 1.20 bits per heavy atom. The first-order valence-corrected chi connectivity index (χ1v) is 7.11. The van der Waals surface area contributed by atoms with E-state index in [1.807, 2.05) is 47.0 Å². The highest BCUT2D eigenvalue weighted by molar-refractivity contribution is 9.10. The highest BCUT2D eigenvalue weighted by atomic mass is 79.9. The van der Waals surface area contributed by atoms with E-state index in [2.05, 4.69) is 20.9 Å². The number of aliphatic hydroxyl groups is 1. The minimum absolute atomic E-state index is 0.0663. The fourth-order valence-corrected chi connectivity index (χ4v) is 2.87. The number of aliphatic hydroxyl groups excluding tert-OH is 1. The Morgan fingerprint density at radius 3 is 2.75 bits per heavy atom. The lowest BCUT2D eigenvalue weighted by Crippen LogP contribution is -2.04. The summed E-state index contributed by atoms with van der Waals surface area (Å²) in [6.07, 6.45) is 0. The van der Waals surface area contributed by atoms with Crippen molar-refractivity contribution in [3.05, 3.63) is 46.9 Å². The lowest BCUT2D eigenvalue weighted by atomic mass is 10.2. The maximum absolute atomic E-state index is 9.30. The van der Waals surface area contributed by atoms with Gasteiger partial charge in [-0.3, -0.25) is 0 Å². The van der Waals surface area contributed by atoms with E-state index in [1.54, 1.807) is 0 Å². The molecular formula is C15H14BrN3O. The molecule has 102 valence electrons. The molecule has 1 aromatic heterocycles. The third-order valence-electron chi connectivity index (χ3n) is 3.16. The van der Waals surface area contributed by atoms with Crippen LogP contribution in [0.5, 0.6) is 0 Å². The number of benzene rings is 2. The van der Waals surface area contributed by atoms with Gasteiger partial charge in [0.2, 0.25) is 0 Å². The molecule has 1 heterocycles. The van der Waals surface area contributed by atoms with Crippen LogP contribution in [0.2, 0.25) is 0 Å². The third-order valence-corrected chi connectivity index (χ3v) is 3.61. The van der Waals surface area contributed by atoms with Crippen LogP contribution in [0.3, 0.4) is 0 Å². The maximum atomic E-state index is 9.30. The van der Waals surface area contributed by atoms with E-state index in [0.29, 0.717) is 12.2 Å². The molecular weight excluding hydrogens is 318 g/mol. The summed E-state index contributed by atoms with van der Waals surface area (Å²) in [4.78, 5) is 4.66. The van der Waals surface area contributed by atoms with Gasteiger partial charge in [-0.15, -0.1) is 0 Å². The number of hydrogen-bond donors (Lipinski definition) is 2. The topological polar surface area (TPSA) is 64.1 Å². The number of nitrogens with two attached hydrogens (primary N) is 1. The standard InChI is InChI=1S/C15H14BrN3O/c16-11-7-10(8-12(17)9-11)15-18-13-3-1-2-4-14(13)19(15)5-6-20/h1-4,7-9,20H,5-6,17H2. The van der Waals surface area contributed by atoms with Crippen LogP contribution in [0.4, 0.5) is 5.69 Å². The molecule has 0 unspecified atom stereocenters. The zero-order valence-corrected chi connectivity index (χ0v) is 12.3. The second kappa shape index (κ2) is 5.26. The summed E-state index contributed by atoms with van der Waals surface area (Å²) in [5.41, 5.74) is 9.43. The van der Waals surface area contributed by atoms with Gasteiger partial charge in [0.25, 0.3) is 0 Å². The van der Waals surface area contributed by atoms with Gasteiger partial charge in [0.1, 0.15) is 5.82 Å². The van der Waals surface area contributed by atoms with Crippen molar-refractivity contribution in [3.8, 4) is 11.4 Å². The molecule has 2 aromatic carbocycles. The summed E-state index contributed by atoms with van der Waals surface area (Å²) >= 11 is 3.45. The van der Waals surface area contributed by atoms with E-state index in [9.17, 15) is 5.11 Å². The number of nitrogen functional groups attached to an aromatic ring is 1. The summed E-state index contributed by atoms with van der Waals surface area (Å²) in [6.45, 7) is 0.569. The molecule has 0 aliphatic carbocycles. The summed E-state index contributed by atoms with van der Waals surface area (Å²) < 4.78 is 2.92. The van der Waals surface area contributed by atoms with Crippen LogP contribution in [0.15, 0.2) is 46.9 Å². The molecule has 5 heteroatoms. The number of para-hydroxylation sites is 2. The van der Waals surface area contributed by atoms with Gasteiger partial charge < -0.3 is 15.4 Å². The van der Waals surface area contributed by atoms with Crippen molar-refractivity contribution in [2.45, 2.75) is 6.54 Å². The maximum Gasteiger partial charge on any atom is 0.141 e. The van der Waals surface area contributed by atoms with Gasteiger partial charge in [-0.05, 0) is 30.3 Å². The Bertz CT molecular complexity index is 747. The summed E-state index contributed by atoms with van der Waals surface area (Å²) in [5, 5.41) is 9.30. The van der Waals surface area contributed by atoms with Gasteiger partial charge in [0, 0.05) is 22.3 Å². The van der Waals surface area contributed by atoms with Gasteiger partial charge in [-0.25, -0.2) is 4.98 Å². The monoisotopic (exact) mass is 331 g/mol. The fraction of sp³-hybridized carbons (Fsp3) is 0.133. The second-order valence-corrected chi connectivity index (χ2v) is 5.49. The number of fused-ring (bicyclic) bond motifs is 1. The number of aromatic nitrogens is 2. The van der Waals surface area contributed by atoms with Crippen LogP contribution in [0, 0.1) is 0 Å². The van der Waals surface area contributed by atoms with Gasteiger partial charge in [-0.1, -0.05) is 28.1 Å². The fourth-order valence-electron chi connectivity index (χ4n) is 2.36. The molecule has 0 spiro atoms. The lowest BCUT2D eigenvalue weighted by molar-refractivity contribution is 0.278. The number of nitrogens with zero attached hydrogens (tertiary/aromatic N) is 2. The molecule has 0 saturated carbocycles. The number of imidazole rings is 1. The van der Waals surface area contributed by atoms with Crippen molar-refractivity contribution in [2.75, 3.05) is 12.3 Å². The lowest BCUT2D eigenvalue weighted by Gasteiger charge is -2.08. The Hall–Kier alpha value is -1.85. The van der Waals surface area contributed by atoms with Crippen LogP contribution in [0.1, 0.15) is 0 Å². The van der Waals surface area contributed by atoms with E-state index < -0.39 is 0 Å². The number of hydrogen-bond acceptors (Lipinski definition) is 3. The van der Waals surface area contributed by atoms with E-state index in [-0.39, 0.29) is 6.61 Å². The van der Waals surface area contributed by atoms with Gasteiger partial charge >= 0.3 is 0 Å². The molecule has 0 aliphatic rings. The largest absolute Gasteiger partial charge is 0.399 e. The second-order valence-electron chi connectivity index (χ2n) is 4.57. The average Bonchev–Trinajstić information content (AvgIpc) is 2.77. The Labute approximate surface area is 125 Å². The molecule has 3 rings (SSSR count). The molecule has 20 heavy (non-hydrogen) atoms. The smallest absolute Gasteiger partial charge is 0.141 e. The van der Waals surface area contributed by atoms with Crippen molar-refractivity contribution in [1.82, 2.24) is 9.55 Å². The summed E-state index contributed by atoms with van der Waals surface area (Å²) in [6, 6.07) is 13.6. The quantitative estimate of drug-likeness (QED) is 0.725. The highest BCUT2D eigenvalue weighted by Crippen LogP contribution is 2.28. The molecule has 3 N–H and O–H groups in total. The molecule has 0 radical (unpaired) electrons. The number of rotatable bonds is 3. The van der Waals surface area contributed by atoms with E-state index >= 15 is 0 Å². The number of anilines is 1. The first-order chi connectivity index (χ1) is 9.69. The van der Waals surface area contributed by atoms with Crippen LogP contribution in [0.25, 0.3) is 22.4 Å². The normalized spacial score (nSPS) is 11.1. The zero-order valence-electron chi connectivity index (χ0n) is 10.8. The van der Waals surface area contributed by atoms with Crippen molar-refractivity contribution < 1.29 is 5.11 Å². The van der Waals surface area contributed by atoms with Crippen molar-refractivity contribution in [2.24, 2.45) is 0 Å². The SMILES string of the molecule is Nc1cc(Br)cc(-c2nc3ccccc3n2CCO)c1. The van der Waals surface area contributed by atoms with Crippen molar-refractivity contribution in [3.63, 3.8) is 0 Å². The Balaban J connectivity index is 2.26. The highest BCUT2D eigenvalue weighted by Gasteiger charge is 2.12. The van der Waals surface area contributed by atoms with Crippen LogP contribution in [-0.2, 0) is 6.54 Å². The molecule has 0 amide bonds. The molecule has 4 nitrogen and oxygen atoms in total. The third kappa shape index (κ3) is 2.30. The van der Waals surface area contributed by atoms with E-state index in [0.717, 1.165) is 26.9 Å². The van der Waals surface area contributed by atoms with Gasteiger partial charge in [0.05, 0.1) is 17.6 Å².